The van der Waals surface area contributed by atoms with Crippen LogP contribution in [0.2, 0.25) is 0 Å². The lowest BCUT2D eigenvalue weighted by molar-refractivity contribution is -0.395. The highest BCUT2D eigenvalue weighted by molar-refractivity contribution is 5.82. The van der Waals surface area contributed by atoms with Gasteiger partial charge in [-0.05, 0) is 43.9 Å². The number of alkyl halides is 6. The summed E-state index contributed by atoms with van der Waals surface area (Å²) < 4.78 is 83.3. The third-order valence-electron chi connectivity index (χ3n) is 8.19. The SMILES string of the molecule is O=C(NC1CCC2CCCCC2C1C(O)(C(F)(F)F)C(F)(F)F)C1CCC(N2CCNC2)NN1. The zero-order valence-electron chi connectivity index (χ0n) is 18.8. The summed E-state index contributed by atoms with van der Waals surface area (Å²) in [5.41, 5.74) is 1.01. The molecule has 5 N–H and O–H groups in total. The molecule has 2 heterocycles. The van der Waals surface area contributed by atoms with Gasteiger partial charge in [-0.25, -0.2) is 10.9 Å². The highest BCUT2D eigenvalue weighted by Gasteiger charge is 2.76. The van der Waals surface area contributed by atoms with Crippen molar-refractivity contribution in [3.63, 3.8) is 0 Å². The molecule has 2 aliphatic carbocycles. The number of hydrogen-bond acceptors (Lipinski definition) is 6. The second-order valence-corrected chi connectivity index (χ2v) is 10.1. The average Bonchev–Trinajstić information content (AvgIpc) is 3.32. The maximum atomic E-state index is 13.9. The Bertz CT molecular complexity index is 707. The van der Waals surface area contributed by atoms with Gasteiger partial charge in [0.1, 0.15) is 6.04 Å². The van der Waals surface area contributed by atoms with Gasteiger partial charge < -0.3 is 15.7 Å². The van der Waals surface area contributed by atoms with Gasteiger partial charge >= 0.3 is 12.4 Å². The third-order valence-corrected chi connectivity index (χ3v) is 8.19. The maximum absolute atomic E-state index is 13.9. The zero-order chi connectivity index (χ0) is 24.7. The smallest absolute Gasteiger partial charge is 0.373 e. The Kier molecular flexibility index (Phi) is 7.41. The van der Waals surface area contributed by atoms with Crippen LogP contribution in [0.15, 0.2) is 0 Å². The lowest BCUT2D eigenvalue weighted by Crippen LogP contribution is -2.70. The van der Waals surface area contributed by atoms with E-state index in [0.717, 1.165) is 19.5 Å². The minimum Gasteiger partial charge on any atom is -0.373 e. The van der Waals surface area contributed by atoms with Crippen LogP contribution in [0, 0.1) is 17.8 Å². The Labute approximate surface area is 194 Å². The number of aliphatic hydroxyl groups is 1. The van der Waals surface area contributed by atoms with Gasteiger partial charge in [0.25, 0.3) is 5.60 Å². The second kappa shape index (κ2) is 9.72. The zero-order valence-corrected chi connectivity index (χ0v) is 18.8. The molecular formula is C21H33F6N5O2. The number of fused-ring (bicyclic) bond motifs is 1. The number of amides is 1. The fourth-order valence-electron chi connectivity index (χ4n) is 6.45. The molecule has 6 atom stereocenters. The Hall–Kier alpha value is -1.15. The monoisotopic (exact) mass is 501 g/mol. The number of carbonyl (C=O) groups excluding carboxylic acids is 1. The van der Waals surface area contributed by atoms with Crippen molar-refractivity contribution in [3.8, 4) is 0 Å². The summed E-state index contributed by atoms with van der Waals surface area (Å²) in [6.07, 6.45) is -8.53. The molecule has 0 spiro atoms. The van der Waals surface area contributed by atoms with Crippen LogP contribution in [0.25, 0.3) is 0 Å². The first-order chi connectivity index (χ1) is 15.9. The maximum Gasteiger partial charge on any atom is 0.426 e. The van der Waals surface area contributed by atoms with Crippen molar-refractivity contribution >= 4 is 5.91 Å². The average molecular weight is 502 g/mol. The van der Waals surface area contributed by atoms with E-state index in [4.69, 9.17) is 0 Å². The molecule has 2 saturated heterocycles. The number of hydrogen-bond donors (Lipinski definition) is 5. The summed E-state index contributed by atoms with van der Waals surface area (Å²) in [7, 11) is 0. The fraction of sp³-hybridized carbons (Fsp3) is 0.952. The summed E-state index contributed by atoms with van der Waals surface area (Å²) in [5, 5.41) is 16.0. The lowest BCUT2D eigenvalue weighted by Gasteiger charge is -2.52. The number of nitrogens with one attached hydrogen (secondary N) is 4. The summed E-state index contributed by atoms with van der Waals surface area (Å²) in [4.78, 5) is 15.1. The van der Waals surface area contributed by atoms with Crippen LogP contribution in [0.5, 0.6) is 0 Å². The summed E-state index contributed by atoms with van der Waals surface area (Å²) in [5.74, 6) is -4.13. The number of rotatable bonds is 4. The van der Waals surface area contributed by atoms with Crippen molar-refractivity contribution < 1.29 is 36.2 Å². The van der Waals surface area contributed by atoms with Crippen LogP contribution in [0.4, 0.5) is 26.3 Å². The molecule has 4 rings (SSSR count). The van der Waals surface area contributed by atoms with E-state index in [1.165, 1.54) is 0 Å². The molecule has 0 aromatic rings. The molecule has 2 saturated carbocycles. The van der Waals surface area contributed by atoms with Crippen molar-refractivity contribution in [3.05, 3.63) is 0 Å². The van der Waals surface area contributed by atoms with Crippen molar-refractivity contribution in [1.82, 2.24) is 26.4 Å². The third kappa shape index (κ3) is 4.78. The normalized spacial score (nSPS) is 36.2. The summed E-state index contributed by atoms with van der Waals surface area (Å²) in [6.45, 7) is 2.36. The van der Waals surface area contributed by atoms with Crippen LogP contribution in [0.3, 0.4) is 0 Å². The summed E-state index contributed by atoms with van der Waals surface area (Å²) >= 11 is 0. The van der Waals surface area contributed by atoms with E-state index in [9.17, 15) is 36.2 Å². The minimum atomic E-state index is -5.92. The molecule has 2 aliphatic heterocycles. The van der Waals surface area contributed by atoms with E-state index >= 15 is 0 Å². The molecule has 6 unspecified atom stereocenters. The van der Waals surface area contributed by atoms with Crippen molar-refractivity contribution in [2.75, 3.05) is 19.8 Å². The molecular weight excluding hydrogens is 468 g/mol. The fourth-order valence-corrected chi connectivity index (χ4v) is 6.45. The van der Waals surface area contributed by atoms with Gasteiger partial charge in [0, 0.05) is 31.7 Å². The van der Waals surface area contributed by atoms with Crippen molar-refractivity contribution in [2.45, 2.75) is 87.6 Å². The van der Waals surface area contributed by atoms with Crippen LogP contribution >= 0.6 is 0 Å². The van der Waals surface area contributed by atoms with E-state index in [1.807, 2.05) is 0 Å². The Balaban J connectivity index is 1.51. The first-order valence-electron chi connectivity index (χ1n) is 12.1. The van der Waals surface area contributed by atoms with Crippen molar-refractivity contribution in [1.29, 1.82) is 0 Å². The molecule has 0 aromatic heterocycles. The Morgan fingerprint density at radius 2 is 1.62 bits per heavy atom. The highest BCUT2D eigenvalue weighted by Crippen LogP contribution is 2.56. The van der Waals surface area contributed by atoms with Crippen LogP contribution < -0.4 is 21.5 Å². The van der Waals surface area contributed by atoms with Gasteiger partial charge in [-0.1, -0.05) is 19.3 Å². The molecule has 1 amide bonds. The molecule has 196 valence electrons. The number of carbonyl (C=O) groups is 1. The summed E-state index contributed by atoms with van der Waals surface area (Å²) in [6, 6.07) is -2.22. The first-order valence-corrected chi connectivity index (χ1v) is 12.1. The van der Waals surface area contributed by atoms with E-state index in [1.54, 1.807) is 0 Å². The van der Waals surface area contributed by atoms with E-state index in [-0.39, 0.29) is 24.9 Å². The molecule has 13 heteroatoms. The van der Waals surface area contributed by atoms with Gasteiger partial charge in [0.2, 0.25) is 5.91 Å². The molecule has 0 aromatic carbocycles. The van der Waals surface area contributed by atoms with Crippen LogP contribution in [-0.4, -0.2) is 71.9 Å². The molecule has 7 nitrogen and oxygen atoms in total. The quantitative estimate of drug-likeness (QED) is 0.379. The minimum absolute atomic E-state index is 0.0231. The number of halogens is 6. The van der Waals surface area contributed by atoms with E-state index in [2.05, 4.69) is 26.4 Å². The molecule has 0 radical (unpaired) electrons. The van der Waals surface area contributed by atoms with Gasteiger partial charge in [-0.3, -0.25) is 9.69 Å². The van der Waals surface area contributed by atoms with Crippen molar-refractivity contribution in [2.24, 2.45) is 17.8 Å². The van der Waals surface area contributed by atoms with E-state index < -0.39 is 47.8 Å². The molecule has 0 bridgehead atoms. The van der Waals surface area contributed by atoms with E-state index in [0.29, 0.717) is 38.8 Å². The topological polar surface area (TPSA) is 88.7 Å². The van der Waals surface area contributed by atoms with Gasteiger partial charge in [0.05, 0.1) is 6.17 Å². The Morgan fingerprint density at radius 1 is 0.912 bits per heavy atom. The highest BCUT2D eigenvalue weighted by atomic mass is 19.4. The van der Waals surface area contributed by atoms with Gasteiger partial charge in [-0.15, -0.1) is 0 Å². The standard InChI is InChI=1S/C21H33F6N5O2/c22-20(23,24)19(34,21(25,26)27)17-13-4-2-1-3-12(13)5-6-14(17)29-18(33)15-7-8-16(31-30-15)32-10-9-28-11-32/h12-17,28,30-31,34H,1-11H2,(H,29,33). The van der Waals surface area contributed by atoms with Gasteiger partial charge in [0.15, 0.2) is 0 Å². The van der Waals surface area contributed by atoms with Crippen LogP contribution in [-0.2, 0) is 4.79 Å². The Morgan fingerprint density at radius 3 is 2.21 bits per heavy atom. The number of hydrazine groups is 1. The lowest BCUT2D eigenvalue weighted by atomic mass is 9.58. The largest absolute Gasteiger partial charge is 0.426 e. The second-order valence-electron chi connectivity index (χ2n) is 10.1. The number of nitrogens with zero attached hydrogens (tertiary/aromatic N) is 1. The predicted molar refractivity (Wildman–Crippen MR) is 110 cm³/mol. The predicted octanol–water partition coefficient (Wildman–Crippen LogP) is 1.99. The van der Waals surface area contributed by atoms with Crippen LogP contribution in [0.1, 0.15) is 51.4 Å². The molecule has 4 fully saturated rings. The van der Waals surface area contributed by atoms with Gasteiger partial charge in [-0.2, -0.15) is 26.3 Å². The molecule has 4 aliphatic rings. The molecule has 34 heavy (non-hydrogen) atoms. The first kappa shape index (κ1) is 25.9.